The molecule has 20 heavy (non-hydrogen) atoms. The Morgan fingerprint density at radius 2 is 2.30 bits per heavy atom. The van der Waals surface area contributed by atoms with E-state index in [1.165, 1.54) is 17.7 Å². The summed E-state index contributed by atoms with van der Waals surface area (Å²) in [6.07, 6.45) is 4.14. The van der Waals surface area contributed by atoms with Crippen molar-refractivity contribution in [3.8, 4) is 0 Å². The number of aromatic nitrogens is 2. The minimum atomic E-state index is 0.609. The second kappa shape index (κ2) is 6.10. The van der Waals surface area contributed by atoms with E-state index in [0.29, 0.717) is 6.04 Å². The van der Waals surface area contributed by atoms with E-state index >= 15 is 0 Å². The quantitative estimate of drug-likeness (QED) is 0.855. The van der Waals surface area contributed by atoms with Crippen LogP contribution in [-0.2, 0) is 6.54 Å². The molecule has 2 aromatic rings. The molecule has 2 heterocycles. The molecular weight excluding hydrogens is 336 g/mol. The summed E-state index contributed by atoms with van der Waals surface area (Å²) in [7, 11) is 0. The van der Waals surface area contributed by atoms with E-state index in [-0.39, 0.29) is 0 Å². The first kappa shape index (κ1) is 13.8. The Morgan fingerprint density at radius 3 is 2.95 bits per heavy atom. The molecule has 0 atom stereocenters. The summed E-state index contributed by atoms with van der Waals surface area (Å²) in [6.45, 7) is 3.84. The Bertz CT molecular complexity index is 569. The molecule has 0 spiro atoms. The summed E-state index contributed by atoms with van der Waals surface area (Å²) in [5.74, 6) is 1.86. The fourth-order valence-corrected chi connectivity index (χ4v) is 3.46. The lowest BCUT2D eigenvalue weighted by molar-refractivity contribution is 0.780. The van der Waals surface area contributed by atoms with Crippen LogP contribution >= 0.6 is 27.3 Å². The van der Waals surface area contributed by atoms with E-state index in [4.69, 9.17) is 0 Å². The molecule has 0 aliphatic heterocycles. The highest BCUT2D eigenvalue weighted by Gasteiger charge is 2.32. The van der Waals surface area contributed by atoms with Crippen molar-refractivity contribution >= 4 is 38.9 Å². The van der Waals surface area contributed by atoms with E-state index < -0.39 is 0 Å². The van der Waals surface area contributed by atoms with Gasteiger partial charge in [-0.1, -0.05) is 6.07 Å². The Morgan fingerprint density at radius 1 is 1.45 bits per heavy atom. The second-order valence-corrected chi connectivity index (χ2v) is 6.65. The van der Waals surface area contributed by atoms with Crippen LogP contribution in [0.4, 0.5) is 11.6 Å². The van der Waals surface area contributed by atoms with Crippen LogP contribution in [0.2, 0.25) is 0 Å². The zero-order valence-electron chi connectivity index (χ0n) is 11.3. The Hall–Kier alpha value is -1.14. The van der Waals surface area contributed by atoms with Crippen molar-refractivity contribution in [2.75, 3.05) is 16.8 Å². The zero-order chi connectivity index (χ0) is 13.9. The molecule has 0 bridgehead atoms. The first-order valence-electron chi connectivity index (χ1n) is 6.83. The topological polar surface area (TPSA) is 41.1 Å². The Kier molecular flexibility index (Phi) is 4.21. The first-order valence-corrected chi connectivity index (χ1v) is 8.50. The Balaban J connectivity index is 1.89. The molecule has 4 nitrogen and oxygen atoms in total. The highest BCUT2D eigenvalue weighted by molar-refractivity contribution is 9.10. The average Bonchev–Trinajstić information content (AvgIpc) is 3.16. The predicted octanol–water partition coefficient (Wildman–Crippen LogP) is 3.90. The number of hydrogen-bond donors (Lipinski definition) is 1. The predicted molar refractivity (Wildman–Crippen MR) is 87.4 cm³/mol. The third-order valence-corrected chi connectivity index (χ3v) is 4.87. The van der Waals surface area contributed by atoms with Gasteiger partial charge in [-0.25, -0.2) is 9.97 Å². The maximum atomic E-state index is 4.50. The van der Waals surface area contributed by atoms with Gasteiger partial charge >= 0.3 is 0 Å². The van der Waals surface area contributed by atoms with Crippen LogP contribution in [0.3, 0.4) is 0 Å². The third kappa shape index (κ3) is 2.96. The van der Waals surface area contributed by atoms with Gasteiger partial charge in [0.25, 0.3) is 0 Å². The molecule has 0 aromatic carbocycles. The molecule has 1 aliphatic carbocycles. The fraction of sp³-hybridized carbons (Fsp3) is 0.429. The molecule has 1 N–H and O–H groups in total. The summed E-state index contributed by atoms with van der Waals surface area (Å²) >= 11 is 5.45. The minimum Gasteiger partial charge on any atom is -0.369 e. The van der Waals surface area contributed by atoms with Gasteiger partial charge in [-0.3, -0.25) is 0 Å². The van der Waals surface area contributed by atoms with Gasteiger partial charge in [-0.15, -0.1) is 11.3 Å². The van der Waals surface area contributed by atoms with E-state index in [0.717, 1.165) is 29.2 Å². The van der Waals surface area contributed by atoms with Gasteiger partial charge in [0.1, 0.15) is 22.4 Å². The van der Waals surface area contributed by atoms with Crippen molar-refractivity contribution in [1.82, 2.24) is 9.97 Å². The molecule has 3 rings (SSSR count). The monoisotopic (exact) mass is 352 g/mol. The van der Waals surface area contributed by atoms with Crippen LogP contribution in [0.1, 0.15) is 24.6 Å². The summed E-state index contributed by atoms with van der Waals surface area (Å²) in [4.78, 5) is 12.5. The maximum Gasteiger partial charge on any atom is 0.149 e. The normalized spacial score (nSPS) is 14.3. The van der Waals surface area contributed by atoms with Crippen LogP contribution in [0, 0.1) is 0 Å². The second-order valence-electron chi connectivity index (χ2n) is 4.83. The number of nitrogens with one attached hydrogen (secondary N) is 1. The summed E-state index contributed by atoms with van der Waals surface area (Å²) in [5, 5.41) is 5.39. The Labute approximate surface area is 131 Å². The molecule has 106 valence electrons. The molecule has 0 amide bonds. The van der Waals surface area contributed by atoms with Crippen LogP contribution in [0.25, 0.3) is 0 Å². The summed E-state index contributed by atoms with van der Waals surface area (Å²) in [5.41, 5.74) is 0. The number of nitrogens with zero attached hydrogens (tertiary/aromatic N) is 3. The largest absolute Gasteiger partial charge is 0.369 e. The lowest BCUT2D eigenvalue weighted by Crippen LogP contribution is -2.26. The molecule has 1 saturated carbocycles. The lowest BCUT2D eigenvalue weighted by atomic mass is 10.3. The highest BCUT2D eigenvalue weighted by atomic mass is 79.9. The van der Waals surface area contributed by atoms with Crippen LogP contribution < -0.4 is 10.2 Å². The van der Waals surface area contributed by atoms with Crippen molar-refractivity contribution < 1.29 is 0 Å². The SMILES string of the molecule is CCNc1ncnc(N(Cc2cccs2)C2CC2)c1Br. The summed E-state index contributed by atoms with van der Waals surface area (Å²) in [6, 6.07) is 4.89. The molecule has 1 aliphatic rings. The van der Waals surface area contributed by atoms with Gasteiger partial charge in [0.15, 0.2) is 0 Å². The van der Waals surface area contributed by atoms with Gasteiger partial charge in [-0.05, 0) is 47.1 Å². The highest BCUT2D eigenvalue weighted by Crippen LogP contribution is 2.38. The van der Waals surface area contributed by atoms with Crippen LogP contribution in [0.5, 0.6) is 0 Å². The van der Waals surface area contributed by atoms with E-state index in [9.17, 15) is 0 Å². The third-order valence-electron chi connectivity index (χ3n) is 3.28. The molecule has 1 fully saturated rings. The van der Waals surface area contributed by atoms with Crippen molar-refractivity contribution in [2.24, 2.45) is 0 Å². The van der Waals surface area contributed by atoms with E-state index in [2.05, 4.69) is 60.6 Å². The fourth-order valence-electron chi connectivity index (χ4n) is 2.19. The molecule has 0 radical (unpaired) electrons. The zero-order valence-corrected chi connectivity index (χ0v) is 13.7. The maximum absolute atomic E-state index is 4.50. The van der Waals surface area contributed by atoms with Gasteiger partial charge in [0.05, 0.1) is 6.54 Å². The summed E-state index contributed by atoms with van der Waals surface area (Å²) < 4.78 is 0.963. The van der Waals surface area contributed by atoms with Crippen molar-refractivity contribution in [3.05, 3.63) is 33.2 Å². The molecular formula is C14H17BrN4S. The van der Waals surface area contributed by atoms with Gasteiger partial charge < -0.3 is 10.2 Å². The number of anilines is 2. The standard InChI is InChI=1S/C14H17BrN4S/c1-2-16-13-12(15)14(18-9-17-13)19(10-5-6-10)8-11-4-3-7-20-11/h3-4,7,9-10H,2,5-6,8H2,1H3,(H,16,17,18). The molecule has 0 unspecified atom stereocenters. The van der Waals surface area contributed by atoms with E-state index in [1.807, 2.05) is 0 Å². The number of halogens is 1. The smallest absolute Gasteiger partial charge is 0.149 e. The van der Waals surface area contributed by atoms with Crippen LogP contribution in [0.15, 0.2) is 28.3 Å². The number of rotatable bonds is 6. The first-order chi connectivity index (χ1) is 9.79. The van der Waals surface area contributed by atoms with Crippen molar-refractivity contribution in [1.29, 1.82) is 0 Å². The van der Waals surface area contributed by atoms with Gasteiger partial charge in [0.2, 0.25) is 0 Å². The lowest BCUT2D eigenvalue weighted by Gasteiger charge is -2.24. The molecule has 2 aromatic heterocycles. The molecule has 6 heteroatoms. The van der Waals surface area contributed by atoms with Gasteiger partial charge in [0, 0.05) is 17.5 Å². The van der Waals surface area contributed by atoms with Crippen LogP contribution in [-0.4, -0.2) is 22.6 Å². The number of hydrogen-bond acceptors (Lipinski definition) is 5. The van der Waals surface area contributed by atoms with Crippen molar-refractivity contribution in [3.63, 3.8) is 0 Å². The van der Waals surface area contributed by atoms with Gasteiger partial charge in [-0.2, -0.15) is 0 Å². The minimum absolute atomic E-state index is 0.609. The average molecular weight is 353 g/mol. The van der Waals surface area contributed by atoms with Crippen molar-refractivity contribution in [2.45, 2.75) is 32.4 Å². The number of thiophene rings is 1. The molecule has 0 saturated heterocycles. The van der Waals surface area contributed by atoms with E-state index in [1.54, 1.807) is 17.7 Å².